The van der Waals surface area contributed by atoms with Crippen molar-refractivity contribution in [2.24, 2.45) is 0 Å². The van der Waals surface area contributed by atoms with Crippen LogP contribution in [0.4, 0.5) is 0 Å². The van der Waals surface area contributed by atoms with E-state index in [1.54, 1.807) is 11.8 Å². The van der Waals surface area contributed by atoms with E-state index in [2.05, 4.69) is 4.90 Å². The summed E-state index contributed by atoms with van der Waals surface area (Å²) in [6, 6.07) is 15.3. The summed E-state index contributed by atoms with van der Waals surface area (Å²) in [5, 5.41) is 0.685. The minimum absolute atomic E-state index is 0. The maximum atomic E-state index is 12.4. The molecule has 1 aliphatic rings. The monoisotopic (exact) mass is 436 g/mol. The van der Waals surface area contributed by atoms with Crippen LogP contribution in [0.15, 0.2) is 48.5 Å². The minimum atomic E-state index is -0.444. The van der Waals surface area contributed by atoms with Crippen LogP contribution in [-0.2, 0) is 14.3 Å². The van der Waals surface area contributed by atoms with E-state index in [9.17, 15) is 9.59 Å². The zero-order valence-corrected chi connectivity index (χ0v) is 18.2. The molecular formula is C22H26Cl2N2O3. The summed E-state index contributed by atoms with van der Waals surface area (Å²) in [7, 11) is 2.03. The number of rotatable bonds is 5. The minimum Gasteiger partial charge on any atom is -0.455 e. The molecule has 0 aliphatic carbocycles. The van der Waals surface area contributed by atoms with Crippen LogP contribution in [0, 0.1) is 0 Å². The standard InChI is InChI=1S/C22H25ClN2O3.ClH/c1-16(22(27)28-15-21(26)25-13-11-24(2)12-14-25)17-7-9-18(10-8-17)19-5-3-4-6-20(19)23;/h3-10,16H,11-15H2,1-2H3;1H/t16-;/m0./s1. The molecule has 0 N–H and O–H groups in total. The molecule has 1 atom stereocenters. The number of hydrogen-bond acceptors (Lipinski definition) is 4. The van der Waals surface area contributed by atoms with Crippen molar-refractivity contribution in [2.75, 3.05) is 39.8 Å². The van der Waals surface area contributed by atoms with Crippen LogP contribution in [0.1, 0.15) is 18.4 Å². The van der Waals surface area contributed by atoms with Crippen molar-refractivity contribution in [3.8, 4) is 11.1 Å². The van der Waals surface area contributed by atoms with Gasteiger partial charge in [-0.15, -0.1) is 12.4 Å². The average molecular weight is 437 g/mol. The lowest BCUT2D eigenvalue weighted by molar-refractivity contribution is -0.153. The molecular weight excluding hydrogens is 411 g/mol. The number of halogens is 2. The number of benzene rings is 2. The topological polar surface area (TPSA) is 49.9 Å². The summed E-state index contributed by atoms with van der Waals surface area (Å²) in [5.41, 5.74) is 2.77. The van der Waals surface area contributed by atoms with Gasteiger partial charge < -0.3 is 14.5 Å². The summed E-state index contributed by atoms with van der Waals surface area (Å²) >= 11 is 6.24. The Hall–Kier alpha value is -2.08. The van der Waals surface area contributed by atoms with Crippen LogP contribution in [0.5, 0.6) is 0 Å². The van der Waals surface area contributed by atoms with Crippen LogP contribution < -0.4 is 0 Å². The molecule has 1 saturated heterocycles. The molecule has 0 unspecified atom stereocenters. The fourth-order valence-corrected chi connectivity index (χ4v) is 3.43. The largest absolute Gasteiger partial charge is 0.455 e. The first-order valence-electron chi connectivity index (χ1n) is 9.43. The number of ether oxygens (including phenoxy) is 1. The highest BCUT2D eigenvalue weighted by molar-refractivity contribution is 6.33. The van der Waals surface area contributed by atoms with Gasteiger partial charge in [-0.25, -0.2) is 0 Å². The van der Waals surface area contributed by atoms with Gasteiger partial charge in [-0.2, -0.15) is 0 Å². The summed E-state index contributed by atoms with van der Waals surface area (Å²) in [5.74, 6) is -0.976. The summed E-state index contributed by atoms with van der Waals surface area (Å²) < 4.78 is 5.27. The second kappa shape index (κ2) is 10.6. The molecule has 156 valence electrons. The van der Waals surface area contributed by atoms with Crippen molar-refractivity contribution in [3.05, 3.63) is 59.1 Å². The highest BCUT2D eigenvalue weighted by Crippen LogP contribution is 2.29. The van der Waals surface area contributed by atoms with Crippen LogP contribution in [0.3, 0.4) is 0 Å². The first-order valence-corrected chi connectivity index (χ1v) is 9.81. The molecule has 2 aromatic rings. The maximum absolute atomic E-state index is 12.4. The third-order valence-electron chi connectivity index (χ3n) is 5.14. The van der Waals surface area contributed by atoms with E-state index in [1.165, 1.54) is 0 Å². The van der Waals surface area contributed by atoms with Crippen LogP contribution in [0.2, 0.25) is 5.02 Å². The number of hydrogen-bond donors (Lipinski definition) is 0. The van der Waals surface area contributed by atoms with Crippen LogP contribution >= 0.6 is 24.0 Å². The Morgan fingerprint density at radius 2 is 1.66 bits per heavy atom. The number of carbonyl (C=O) groups excluding carboxylic acids is 2. The Morgan fingerprint density at radius 1 is 1.03 bits per heavy atom. The lowest BCUT2D eigenvalue weighted by Gasteiger charge is -2.32. The number of amides is 1. The first-order chi connectivity index (χ1) is 13.5. The van der Waals surface area contributed by atoms with E-state index in [0.29, 0.717) is 18.1 Å². The maximum Gasteiger partial charge on any atom is 0.313 e. The van der Waals surface area contributed by atoms with E-state index in [1.807, 2.05) is 55.6 Å². The molecule has 0 radical (unpaired) electrons. The fraction of sp³-hybridized carbons (Fsp3) is 0.364. The zero-order valence-electron chi connectivity index (χ0n) is 16.6. The van der Waals surface area contributed by atoms with Gasteiger partial charge in [0.05, 0.1) is 5.92 Å². The molecule has 29 heavy (non-hydrogen) atoms. The Morgan fingerprint density at radius 3 is 2.28 bits per heavy atom. The van der Waals surface area contributed by atoms with Crippen molar-refractivity contribution >= 4 is 35.9 Å². The van der Waals surface area contributed by atoms with Gasteiger partial charge >= 0.3 is 5.97 Å². The summed E-state index contributed by atoms with van der Waals surface area (Å²) in [6.07, 6.45) is 0. The molecule has 0 spiro atoms. The third kappa shape index (κ3) is 5.95. The smallest absolute Gasteiger partial charge is 0.313 e. The lowest BCUT2D eigenvalue weighted by Crippen LogP contribution is -2.48. The van der Waals surface area contributed by atoms with Gasteiger partial charge in [0.1, 0.15) is 0 Å². The summed E-state index contributed by atoms with van der Waals surface area (Å²) in [4.78, 5) is 28.5. The number of likely N-dealkylation sites (N-methyl/N-ethyl adjacent to an activating group) is 1. The predicted molar refractivity (Wildman–Crippen MR) is 118 cm³/mol. The van der Waals surface area contributed by atoms with Gasteiger partial charge in [-0.3, -0.25) is 9.59 Å². The second-order valence-electron chi connectivity index (χ2n) is 7.12. The Labute approximate surface area is 183 Å². The molecule has 1 amide bonds. The highest BCUT2D eigenvalue weighted by Gasteiger charge is 2.22. The van der Waals surface area contributed by atoms with E-state index < -0.39 is 11.9 Å². The van der Waals surface area contributed by atoms with Gasteiger partial charge in [-0.1, -0.05) is 54.1 Å². The first kappa shape index (κ1) is 23.2. The molecule has 3 rings (SSSR count). The Bertz CT molecular complexity index is 834. The molecule has 0 saturated carbocycles. The molecule has 1 heterocycles. The van der Waals surface area contributed by atoms with E-state index in [4.69, 9.17) is 16.3 Å². The second-order valence-corrected chi connectivity index (χ2v) is 7.52. The fourth-order valence-electron chi connectivity index (χ4n) is 3.19. The molecule has 0 aromatic heterocycles. The van der Waals surface area contributed by atoms with Crippen molar-refractivity contribution in [2.45, 2.75) is 12.8 Å². The Balaban J connectivity index is 0.00000300. The van der Waals surface area contributed by atoms with Gasteiger partial charge in [0.25, 0.3) is 5.91 Å². The quantitative estimate of drug-likeness (QED) is 0.667. The number of carbonyl (C=O) groups is 2. The molecule has 5 nitrogen and oxygen atoms in total. The van der Waals surface area contributed by atoms with Crippen molar-refractivity contribution in [1.82, 2.24) is 9.80 Å². The number of esters is 1. The van der Waals surface area contributed by atoms with Gasteiger partial charge in [0, 0.05) is 36.8 Å². The number of piperazine rings is 1. The average Bonchev–Trinajstić information content (AvgIpc) is 2.72. The van der Waals surface area contributed by atoms with Crippen molar-refractivity contribution in [3.63, 3.8) is 0 Å². The normalized spacial score (nSPS) is 15.3. The molecule has 0 bridgehead atoms. The van der Waals surface area contributed by atoms with Crippen LogP contribution in [0.25, 0.3) is 11.1 Å². The highest BCUT2D eigenvalue weighted by atomic mass is 35.5. The SMILES string of the molecule is C[C@H](C(=O)OCC(=O)N1CCN(C)CC1)c1ccc(-c2ccccc2Cl)cc1.Cl. The van der Waals surface area contributed by atoms with E-state index in [-0.39, 0.29) is 24.9 Å². The Kier molecular flexibility index (Phi) is 8.50. The molecule has 1 aliphatic heterocycles. The van der Waals surface area contributed by atoms with Gasteiger partial charge in [0.15, 0.2) is 6.61 Å². The van der Waals surface area contributed by atoms with E-state index in [0.717, 1.165) is 29.8 Å². The predicted octanol–water partition coefficient (Wildman–Crippen LogP) is 3.85. The van der Waals surface area contributed by atoms with Gasteiger partial charge in [0.2, 0.25) is 0 Å². The zero-order chi connectivity index (χ0) is 20.1. The van der Waals surface area contributed by atoms with Crippen molar-refractivity contribution < 1.29 is 14.3 Å². The van der Waals surface area contributed by atoms with Gasteiger partial charge in [-0.05, 0) is 31.2 Å². The van der Waals surface area contributed by atoms with E-state index >= 15 is 0 Å². The summed E-state index contributed by atoms with van der Waals surface area (Å²) in [6.45, 7) is 4.61. The van der Waals surface area contributed by atoms with Crippen LogP contribution in [-0.4, -0.2) is 61.5 Å². The van der Waals surface area contributed by atoms with Crippen molar-refractivity contribution in [1.29, 1.82) is 0 Å². The molecule has 2 aromatic carbocycles. The lowest BCUT2D eigenvalue weighted by atomic mass is 9.97. The third-order valence-corrected chi connectivity index (χ3v) is 5.47. The molecule has 1 fully saturated rings. The molecule has 7 heteroatoms. The number of nitrogens with zero attached hydrogens (tertiary/aromatic N) is 2.